The number of aliphatic hydroxyl groups is 1. The summed E-state index contributed by atoms with van der Waals surface area (Å²) in [6, 6.07) is 7.82. The Morgan fingerprint density at radius 2 is 2.05 bits per heavy atom. The van der Waals surface area contributed by atoms with Crippen LogP contribution < -0.4 is 11.1 Å². The molecule has 1 aliphatic carbocycles. The van der Waals surface area contributed by atoms with E-state index in [2.05, 4.69) is 15.3 Å². The van der Waals surface area contributed by atoms with Crippen molar-refractivity contribution in [3.8, 4) is 0 Å². The molecular weight excluding hydrogens is 320 g/mol. The van der Waals surface area contributed by atoms with E-state index in [1.807, 2.05) is 24.3 Å². The molecule has 0 spiro atoms. The number of aliphatic hydroxyl groups excluding tert-OH is 1. The van der Waals surface area contributed by atoms with Crippen LogP contribution in [0, 0.1) is 0 Å². The second-order valence-corrected chi connectivity index (χ2v) is 6.86. The van der Waals surface area contributed by atoms with E-state index in [1.165, 1.54) is 0 Å². The number of hydrogen-bond acceptors (Lipinski definition) is 6. The first-order valence-corrected chi connectivity index (χ1v) is 8.30. The smallest absolute Gasteiger partial charge is 0.221 e. The van der Waals surface area contributed by atoms with Gasteiger partial charge in [0.1, 0.15) is 5.82 Å². The summed E-state index contributed by atoms with van der Waals surface area (Å²) < 4.78 is 0. The number of nitrogens with zero attached hydrogens (tertiary/aromatic N) is 2. The molecule has 1 saturated carbocycles. The third-order valence-electron chi connectivity index (χ3n) is 3.56. The molecule has 1 heterocycles. The zero-order chi connectivity index (χ0) is 15.5. The Balaban J connectivity index is 1.79. The highest BCUT2D eigenvalue weighted by Crippen LogP contribution is 2.34. The summed E-state index contributed by atoms with van der Waals surface area (Å²) in [6.45, 7) is 0. The van der Waals surface area contributed by atoms with Gasteiger partial charge in [-0.3, -0.25) is 0 Å². The van der Waals surface area contributed by atoms with Crippen LogP contribution in [0.5, 0.6) is 0 Å². The van der Waals surface area contributed by atoms with Crippen LogP contribution in [0.3, 0.4) is 0 Å². The lowest BCUT2D eigenvalue weighted by molar-refractivity contribution is 0.182. The molecule has 0 radical (unpaired) electrons. The molecule has 4 N–H and O–H groups in total. The Labute approximate surface area is 138 Å². The van der Waals surface area contributed by atoms with Crippen LogP contribution in [0.15, 0.2) is 40.3 Å². The van der Waals surface area contributed by atoms with Crippen molar-refractivity contribution >= 4 is 35.1 Å². The maximum absolute atomic E-state index is 9.65. The summed E-state index contributed by atoms with van der Waals surface area (Å²) in [5.41, 5.74) is 5.70. The Morgan fingerprint density at radius 1 is 1.27 bits per heavy atom. The highest BCUT2D eigenvalue weighted by atomic mass is 35.5. The molecule has 2 atom stereocenters. The fourth-order valence-electron chi connectivity index (χ4n) is 2.47. The van der Waals surface area contributed by atoms with E-state index in [1.54, 1.807) is 18.0 Å². The van der Waals surface area contributed by atoms with E-state index >= 15 is 0 Å². The van der Waals surface area contributed by atoms with Gasteiger partial charge in [-0.1, -0.05) is 23.4 Å². The monoisotopic (exact) mass is 336 g/mol. The molecule has 0 aliphatic heterocycles. The predicted molar refractivity (Wildman–Crippen MR) is 89.3 cm³/mol. The number of anilines is 2. The second-order valence-electron chi connectivity index (χ2n) is 5.31. The van der Waals surface area contributed by atoms with Gasteiger partial charge in [0, 0.05) is 22.2 Å². The molecule has 116 valence electrons. The van der Waals surface area contributed by atoms with Gasteiger partial charge in [-0.25, -0.2) is 4.98 Å². The summed E-state index contributed by atoms with van der Waals surface area (Å²) in [7, 11) is 0. The van der Waals surface area contributed by atoms with Crippen molar-refractivity contribution in [2.24, 2.45) is 0 Å². The first kappa shape index (κ1) is 15.4. The third kappa shape index (κ3) is 3.82. The molecule has 1 fully saturated rings. The summed E-state index contributed by atoms with van der Waals surface area (Å²) in [5.74, 6) is 0.952. The standard InChI is InChI=1S/C15H17ClN4OS/c16-9-1-5-12(6-2-9)22-13-8-18-15(17)20-14(13)19-10-3-4-11(21)7-10/h1-2,5-6,8,10-11,21H,3-4,7H2,(H3,17,18,19,20)/t10-,11-/m0/s1. The molecule has 1 aromatic heterocycles. The van der Waals surface area contributed by atoms with Gasteiger partial charge < -0.3 is 16.2 Å². The number of nitrogens with one attached hydrogen (secondary N) is 1. The third-order valence-corrected chi connectivity index (χ3v) is 4.84. The minimum absolute atomic E-state index is 0.217. The van der Waals surface area contributed by atoms with Crippen LogP contribution >= 0.6 is 23.4 Å². The van der Waals surface area contributed by atoms with Crippen molar-refractivity contribution in [2.75, 3.05) is 11.1 Å². The van der Waals surface area contributed by atoms with Crippen LogP contribution in [0.25, 0.3) is 0 Å². The number of halogens is 1. The number of benzene rings is 1. The molecule has 1 aliphatic rings. The Bertz CT molecular complexity index is 652. The summed E-state index contributed by atoms with van der Waals surface area (Å²) in [6.07, 6.45) is 3.96. The average molecular weight is 337 g/mol. The second kappa shape index (κ2) is 6.73. The molecular formula is C15H17ClN4OS. The lowest BCUT2D eigenvalue weighted by Crippen LogP contribution is -2.18. The van der Waals surface area contributed by atoms with E-state index in [4.69, 9.17) is 17.3 Å². The van der Waals surface area contributed by atoms with E-state index < -0.39 is 0 Å². The zero-order valence-electron chi connectivity index (χ0n) is 11.9. The molecule has 22 heavy (non-hydrogen) atoms. The van der Waals surface area contributed by atoms with Gasteiger partial charge in [-0.2, -0.15) is 4.98 Å². The summed E-state index contributed by atoms with van der Waals surface area (Å²) >= 11 is 7.46. The maximum atomic E-state index is 9.65. The minimum atomic E-state index is -0.232. The SMILES string of the molecule is Nc1ncc(Sc2ccc(Cl)cc2)c(N[C@H]2CC[C@H](O)C2)n1. The van der Waals surface area contributed by atoms with Crippen LogP contribution in [-0.2, 0) is 0 Å². The van der Waals surface area contributed by atoms with Gasteiger partial charge in [-0.05, 0) is 43.5 Å². The van der Waals surface area contributed by atoms with Crippen molar-refractivity contribution in [1.29, 1.82) is 0 Å². The molecule has 0 saturated heterocycles. The Hall–Kier alpha value is -1.50. The van der Waals surface area contributed by atoms with Crippen molar-refractivity contribution in [3.63, 3.8) is 0 Å². The van der Waals surface area contributed by atoms with Crippen LogP contribution in [-0.4, -0.2) is 27.2 Å². The Morgan fingerprint density at radius 3 is 2.73 bits per heavy atom. The molecule has 0 bridgehead atoms. The quantitative estimate of drug-likeness (QED) is 0.795. The fraction of sp³-hybridized carbons (Fsp3) is 0.333. The first-order chi connectivity index (χ1) is 10.6. The van der Waals surface area contributed by atoms with Gasteiger partial charge in [0.2, 0.25) is 5.95 Å². The molecule has 1 aromatic carbocycles. The highest BCUT2D eigenvalue weighted by Gasteiger charge is 2.24. The van der Waals surface area contributed by atoms with Gasteiger partial charge in [0.05, 0.1) is 11.0 Å². The van der Waals surface area contributed by atoms with E-state index in [0.717, 1.165) is 29.1 Å². The predicted octanol–water partition coefficient (Wildman–Crippen LogP) is 3.19. The molecule has 2 aromatic rings. The van der Waals surface area contributed by atoms with Crippen LogP contribution in [0.4, 0.5) is 11.8 Å². The zero-order valence-corrected chi connectivity index (χ0v) is 13.4. The topological polar surface area (TPSA) is 84.1 Å². The molecule has 0 amide bonds. The average Bonchev–Trinajstić information content (AvgIpc) is 2.89. The fourth-order valence-corrected chi connectivity index (χ4v) is 3.43. The van der Waals surface area contributed by atoms with E-state index in [0.29, 0.717) is 10.8 Å². The summed E-state index contributed by atoms with van der Waals surface area (Å²) in [4.78, 5) is 10.3. The first-order valence-electron chi connectivity index (χ1n) is 7.10. The lowest BCUT2D eigenvalue weighted by Gasteiger charge is -2.16. The number of nitrogen functional groups attached to an aromatic ring is 1. The maximum Gasteiger partial charge on any atom is 0.221 e. The summed E-state index contributed by atoms with van der Waals surface area (Å²) in [5, 5.41) is 13.7. The van der Waals surface area contributed by atoms with Gasteiger partial charge in [0.15, 0.2) is 0 Å². The highest BCUT2D eigenvalue weighted by molar-refractivity contribution is 7.99. The van der Waals surface area contributed by atoms with Crippen molar-refractivity contribution in [1.82, 2.24) is 9.97 Å². The van der Waals surface area contributed by atoms with Gasteiger partial charge in [-0.15, -0.1) is 0 Å². The Kier molecular flexibility index (Phi) is 4.71. The van der Waals surface area contributed by atoms with E-state index in [-0.39, 0.29) is 18.1 Å². The van der Waals surface area contributed by atoms with Crippen molar-refractivity contribution in [2.45, 2.75) is 41.2 Å². The van der Waals surface area contributed by atoms with Crippen molar-refractivity contribution < 1.29 is 5.11 Å². The normalized spacial score (nSPS) is 21.0. The van der Waals surface area contributed by atoms with Gasteiger partial charge >= 0.3 is 0 Å². The molecule has 5 nitrogen and oxygen atoms in total. The molecule has 7 heteroatoms. The number of rotatable bonds is 4. The minimum Gasteiger partial charge on any atom is -0.393 e. The van der Waals surface area contributed by atoms with Gasteiger partial charge in [0.25, 0.3) is 0 Å². The number of hydrogen-bond donors (Lipinski definition) is 3. The largest absolute Gasteiger partial charge is 0.393 e. The van der Waals surface area contributed by atoms with E-state index in [9.17, 15) is 5.11 Å². The van der Waals surface area contributed by atoms with Crippen molar-refractivity contribution in [3.05, 3.63) is 35.5 Å². The number of aromatic nitrogens is 2. The lowest BCUT2D eigenvalue weighted by atomic mass is 10.2. The molecule has 3 rings (SSSR count). The van der Waals surface area contributed by atoms with Crippen LogP contribution in [0.2, 0.25) is 5.02 Å². The van der Waals surface area contributed by atoms with Crippen LogP contribution in [0.1, 0.15) is 19.3 Å². The number of nitrogens with two attached hydrogens (primary N) is 1. The molecule has 0 unspecified atom stereocenters.